The highest BCUT2D eigenvalue weighted by atomic mass is 16.1. The minimum atomic E-state index is -0.131. The van der Waals surface area contributed by atoms with E-state index in [4.69, 9.17) is 0 Å². The fourth-order valence-electron chi connectivity index (χ4n) is 0.469. The van der Waals surface area contributed by atoms with Crippen molar-refractivity contribution in [1.82, 2.24) is 10.6 Å². The minimum absolute atomic E-state index is 0.0569. The van der Waals surface area contributed by atoms with E-state index in [1.54, 1.807) is 0 Å². The molecule has 3 heteroatoms. The van der Waals surface area contributed by atoms with Gasteiger partial charge in [0.1, 0.15) is 0 Å². The topological polar surface area (TPSA) is 41.1 Å². The lowest BCUT2D eigenvalue weighted by Crippen LogP contribution is -2.46. The van der Waals surface area contributed by atoms with E-state index in [1.807, 2.05) is 20.9 Å². The summed E-state index contributed by atoms with van der Waals surface area (Å²) >= 11 is 0. The van der Waals surface area contributed by atoms with Gasteiger partial charge < -0.3 is 10.6 Å². The number of hydrogen-bond acceptors (Lipinski definition) is 2. The van der Waals surface area contributed by atoms with Gasteiger partial charge in [-0.1, -0.05) is 6.58 Å². The van der Waals surface area contributed by atoms with Gasteiger partial charge in [0.05, 0.1) is 0 Å². The molecule has 0 aromatic heterocycles. The Kier molecular flexibility index (Phi) is 3.82. The Morgan fingerprint density at radius 1 is 1.64 bits per heavy atom. The quantitative estimate of drug-likeness (QED) is 0.574. The summed E-state index contributed by atoms with van der Waals surface area (Å²) in [5.41, 5.74) is -0.0569. The van der Waals surface area contributed by atoms with Crippen molar-refractivity contribution in [2.45, 2.75) is 19.4 Å². The minimum Gasteiger partial charge on any atom is -0.351 e. The number of likely N-dealkylation sites (N-methyl/N-ethyl adjacent to an activating group) is 1. The van der Waals surface area contributed by atoms with Crippen LogP contribution in [0, 0.1) is 0 Å². The molecule has 3 nitrogen and oxygen atoms in total. The van der Waals surface area contributed by atoms with Gasteiger partial charge in [0.15, 0.2) is 0 Å². The summed E-state index contributed by atoms with van der Waals surface area (Å²) in [6.07, 6.45) is 1.27. The van der Waals surface area contributed by atoms with Crippen molar-refractivity contribution in [3.8, 4) is 0 Å². The van der Waals surface area contributed by atoms with Gasteiger partial charge in [0, 0.05) is 12.1 Å². The highest BCUT2D eigenvalue weighted by Crippen LogP contribution is 1.96. The molecule has 0 bridgehead atoms. The number of nitrogens with one attached hydrogen (secondary N) is 2. The lowest BCUT2D eigenvalue weighted by molar-refractivity contribution is -0.116. The number of carbonyl (C=O) groups is 1. The van der Waals surface area contributed by atoms with Gasteiger partial charge in [0.2, 0.25) is 5.91 Å². The van der Waals surface area contributed by atoms with Crippen molar-refractivity contribution in [3.05, 3.63) is 12.7 Å². The third-order valence-electron chi connectivity index (χ3n) is 1.57. The molecule has 0 saturated heterocycles. The smallest absolute Gasteiger partial charge is 0.243 e. The standard InChI is InChI=1S/C8H16N2O/c1-5-7(11)10-6-8(2,3)9-4/h5,9H,1,6H2,2-4H3,(H,10,11). The maximum atomic E-state index is 10.7. The molecule has 0 heterocycles. The maximum absolute atomic E-state index is 10.7. The van der Waals surface area contributed by atoms with E-state index in [-0.39, 0.29) is 11.4 Å². The molecule has 0 atom stereocenters. The molecule has 0 unspecified atom stereocenters. The highest BCUT2D eigenvalue weighted by Gasteiger charge is 2.14. The molecule has 0 aliphatic rings. The molecular weight excluding hydrogens is 140 g/mol. The normalized spacial score (nSPS) is 10.8. The second-order valence-corrected chi connectivity index (χ2v) is 3.06. The Balaban J connectivity index is 3.69. The van der Waals surface area contributed by atoms with Crippen LogP contribution in [0.25, 0.3) is 0 Å². The van der Waals surface area contributed by atoms with Crippen LogP contribution in [0.2, 0.25) is 0 Å². The monoisotopic (exact) mass is 156 g/mol. The van der Waals surface area contributed by atoms with Gasteiger partial charge in [-0.25, -0.2) is 0 Å². The van der Waals surface area contributed by atoms with Crippen LogP contribution in [0.15, 0.2) is 12.7 Å². The van der Waals surface area contributed by atoms with Crippen molar-refractivity contribution in [3.63, 3.8) is 0 Å². The average Bonchev–Trinajstić information content (AvgIpc) is 2.00. The van der Waals surface area contributed by atoms with E-state index in [9.17, 15) is 4.79 Å². The van der Waals surface area contributed by atoms with Crippen molar-refractivity contribution in [1.29, 1.82) is 0 Å². The fourth-order valence-corrected chi connectivity index (χ4v) is 0.469. The van der Waals surface area contributed by atoms with Crippen molar-refractivity contribution in [2.75, 3.05) is 13.6 Å². The zero-order chi connectivity index (χ0) is 8.91. The SMILES string of the molecule is C=CC(=O)NCC(C)(C)NC. The first kappa shape index (κ1) is 10.2. The van der Waals surface area contributed by atoms with E-state index >= 15 is 0 Å². The van der Waals surface area contributed by atoms with Crippen LogP contribution in [0.3, 0.4) is 0 Å². The maximum Gasteiger partial charge on any atom is 0.243 e. The van der Waals surface area contributed by atoms with Crippen LogP contribution in [0.4, 0.5) is 0 Å². The van der Waals surface area contributed by atoms with Crippen LogP contribution in [0.1, 0.15) is 13.8 Å². The number of rotatable bonds is 4. The Morgan fingerprint density at radius 2 is 2.18 bits per heavy atom. The Bertz CT molecular complexity index is 152. The lowest BCUT2D eigenvalue weighted by atomic mass is 10.1. The molecular formula is C8H16N2O. The van der Waals surface area contributed by atoms with E-state index in [0.717, 1.165) is 0 Å². The van der Waals surface area contributed by atoms with Crippen molar-refractivity contribution < 1.29 is 4.79 Å². The molecule has 0 aromatic rings. The second kappa shape index (κ2) is 4.13. The Morgan fingerprint density at radius 3 is 2.55 bits per heavy atom. The van der Waals surface area contributed by atoms with Crippen LogP contribution in [0.5, 0.6) is 0 Å². The zero-order valence-corrected chi connectivity index (χ0v) is 7.40. The Labute approximate surface area is 67.9 Å². The molecule has 0 rings (SSSR count). The van der Waals surface area contributed by atoms with Gasteiger partial charge in [-0.2, -0.15) is 0 Å². The Hall–Kier alpha value is -0.830. The highest BCUT2D eigenvalue weighted by molar-refractivity contribution is 5.86. The number of hydrogen-bond donors (Lipinski definition) is 2. The number of amides is 1. The molecule has 0 radical (unpaired) electrons. The van der Waals surface area contributed by atoms with E-state index in [0.29, 0.717) is 6.54 Å². The van der Waals surface area contributed by atoms with Crippen LogP contribution < -0.4 is 10.6 Å². The van der Waals surface area contributed by atoms with Crippen LogP contribution in [-0.2, 0) is 4.79 Å². The number of carbonyl (C=O) groups excluding carboxylic acids is 1. The lowest BCUT2D eigenvalue weighted by Gasteiger charge is -2.23. The van der Waals surface area contributed by atoms with Gasteiger partial charge in [0.25, 0.3) is 0 Å². The van der Waals surface area contributed by atoms with E-state index in [1.165, 1.54) is 6.08 Å². The molecule has 0 spiro atoms. The molecule has 0 fully saturated rings. The molecule has 0 aromatic carbocycles. The van der Waals surface area contributed by atoms with Gasteiger partial charge in [-0.3, -0.25) is 4.79 Å². The largest absolute Gasteiger partial charge is 0.351 e. The predicted octanol–water partition coefficient (Wildman–Crippen LogP) is 0.287. The first-order valence-electron chi connectivity index (χ1n) is 3.61. The molecule has 11 heavy (non-hydrogen) atoms. The molecule has 2 N–H and O–H groups in total. The van der Waals surface area contributed by atoms with Gasteiger partial charge in [-0.15, -0.1) is 0 Å². The van der Waals surface area contributed by atoms with Crippen molar-refractivity contribution in [2.24, 2.45) is 0 Å². The zero-order valence-electron chi connectivity index (χ0n) is 7.40. The van der Waals surface area contributed by atoms with Gasteiger partial charge >= 0.3 is 0 Å². The summed E-state index contributed by atoms with van der Waals surface area (Å²) in [5, 5.41) is 5.78. The molecule has 0 aliphatic heterocycles. The molecule has 0 saturated carbocycles. The first-order chi connectivity index (χ1) is 5.02. The summed E-state index contributed by atoms with van der Waals surface area (Å²) in [6, 6.07) is 0. The predicted molar refractivity (Wildman–Crippen MR) is 46.3 cm³/mol. The molecule has 0 aliphatic carbocycles. The van der Waals surface area contributed by atoms with E-state index in [2.05, 4.69) is 17.2 Å². The summed E-state index contributed by atoms with van der Waals surface area (Å²) < 4.78 is 0. The van der Waals surface area contributed by atoms with Gasteiger partial charge in [-0.05, 0) is 27.0 Å². The molecule has 64 valence electrons. The first-order valence-corrected chi connectivity index (χ1v) is 3.61. The van der Waals surface area contributed by atoms with Crippen LogP contribution >= 0.6 is 0 Å². The second-order valence-electron chi connectivity index (χ2n) is 3.06. The van der Waals surface area contributed by atoms with Crippen LogP contribution in [-0.4, -0.2) is 25.0 Å². The van der Waals surface area contributed by atoms with Crippen molar-refractivity contribution >= 4 is 5.91 Å². The summed E-state index contributed by atoms with van der Waals surface area (Å²) in [5.74, 6) is -0.131. The van der Waals surface area contributed by atoms with E-state index < -0.39 is 0 Å². The summed E-state index contributed by atoms with van der Waals surface area (Å²) in [7, 11) is 1.86. The fraction of sp³-hybridized carbons (Fsp3) is 0.625. The average molecular weight is 156 g/mol. The summed E-state index contributed by atoms with van der Waals surface area (Å²) in [6.45, 7) is 7.98. The molecule has 1 amide bonds. The third kappa shape index (κ3) is 4.56. The summed E-state index contributed by atoms with van der Waals surface area (Å²) in [4.78, 5) is 10.7. The third-order valence-corrected chi connectivity index (χ3v) is 1.57.